The van der Waals surface area contributed by atoms with Gasteiger partial charge in [0, 0.05) is 42.1 Å². The van der Waals surface area contributed by atoms with E-state index >= 15 is 0 Å². The van der Waals surface area contributed by atoms with Gasteiger partial charge in [-0.2, -0.15) is 0 Å². The van der Waals surface area contributed by atoms with Crippen molar-refractivity contribution in [3.05, 3.63) is 204 Å². The first kappa shape index (κ1) is 29.3. The zero-order valence-electron chi connectivity index (χ0n) is 28.0. The van der Waals surface area contributed by atoms with E-state index in [0.29, 0.717) is 0 Å². The first-order chi connectivity index (χ1) is 25.8. The quantitative estimate of drug-likeness (QED) is 0.184. The third-order valence-electron chi connectivity index (χ3n) is 10.8. The van der Waals surface area contributed by atoms with Crippen LogP contribution in [-0.2, 0) is 5.41 Å². The smallest absolute Gasteiger partial charge is 0.136 e. The highest BCUT2D eigenvalue weighted by Crippen LogP contribution is 2.56. The predicted octanol–water partition coefficient (Wildman–Crippen LogP) is 13.8. The molecule has 3 heterocycles. The van der Waals surface area contributed by atoms with Gasteiger partial charge in [-0.25, -0.2) is 0 Å². The molecule has 0 saturated carbocycles. The highest BCUT2D eigenvalue weighted by Gasteiger charge is 2.45. The van der Waals surface area contributed by atoms with E-state index in [1.165, 1.54) is 36.9 Å². The lowest BCUT2D eigenvalue weighted by Gasteiger charge is -2.41. The number of hydrogen-bond donors (Lipinski definition) is 0. The minimum atomic E-state index is -0.536. The molecule has 0 saturated heterocycles. The van der Waals surface area contributed by atoms with Gasteiger partial charge in [-0.1, -0.05) is 140 Å². The van der Waals surface area contributed by atoms with Gasteiger partial charge in [0.05, 0.1) is 5.41 Å². The number of hydrogen-bond acceptors (Lipinski definition) is 3. The second-order valence-electron chi connectivity index (χ2n) is 13.6. The van der Waals surface area contributed by atoms with Crippen LogP contribution in [0.15, 0.2) is 186 Å². The van der Waals surface area contributed by atoms with Crippen LogP contribution in [0.5, 0.6) is 11.5 Å². The summed E-state index contributed by atoms with van der Waals surface area (Å²) in [4.78, 5) is 0. The Morgan fingerprint density at radius 2 is 1.00 bits per heavy atom. The molecule has 2 aromatic heterocycles. The summed E-state index contributed by atoms with van der Waals surface area (Å²) in [6.45, 7) is 0. The monoisotopic (exact) mass is 682 g/mol. The van der Waals surface area contributed by atoms with Crippen molar-refractivity contribution >= 4 is 53.4 Å². The molecule has 0 unspecified atom stereocenters. The Morgan fingerprint density at radius 1 is 0.404 bits per heavy atom. The first-order valence-electron chi connectivity index (χ1n) is 17.7. The Bertz CT molecular complexity index is 2950. The number of ether oxygens (including phenoxy) is 1. The van der Waals surface area contributed by atoms with Gasteiger partial charge < -0.3 is 9.15 Å². The lowest BCUT2D eigenvalue weighted by molar-refractivity contribution is 0.435. The van der Waals surface area contributed by atoms with Gasteiger partial charge in [-0.05, 0) is 75.8 Å². The number of thiophene rings is 1. The van der Waals surface area contributed by atoms with Crippen LogP contribution >= 0.6 is 11.3 Å². The maximum Gasteiger partial charge on any atom is 0.136 e. The maximum atomic E-state index is 6.76. The van der Waals surface area contributed by atoms with Crippen molar-refractivity contribution in [2.75, 3.05) is 0 Å². The standard InChI is InChI=1S/C49H30O2S/c1-3-12-34(13-4-1)49(35-14-5-2-6-15-35)41-19-8-9-20-43(41)50-46-29-32(24-27-42(46)49)31-22-25-37-38-26-23-33(30-45(38)51-44(37)28-31)36-17-11-18-40-39-16-7-10-21-47(39)52-48(36)40/h1-30H. The van der Waals surface area contributed by atoms with E-state index in [0.717, 1.165) is 61.3 Å². The van der Waals surface area contributed by atoms with Gasteiger partial charge in [-0.15, -0.1) is 11.3 Å². The van der Waals surface area contributed by atoms with Crippen molar-refractivity contribution < 1.29 is 9.15 Å². The van der Waals surface area contributed by atoms with Crippen LogP contribution in [0.4, 0.5) is 0 Å². The fraction of sp³-hybridized carbons (Fsp3) is 0.0204. The second kappa shape index (κ2) is 11.3. The average molecular weight is 683 g/mol. The zero-order valence-corrected chi connectivity index (χ0v) is 28.9. The summed E-state index contributed by atoms with van der Waals surface area (Å²) in [5.41, 5.74) is 10.5. The highest BCUT2D eigenvalue weighted by atomic mass is 32.1. The molecule has 0 N–H and O–H groups in total. The predicted molar refractivity (Wildman–Crippen MR) is 216 cm³/mol. The largest absolute Gasteiger partial charge is 0.457 e. The van der Waals surface area contributed by atoms with Crippen molar-refractivity contribution in [2.45, 2.75) is 5.41 Å². The Labute approximate surface area is 304 Å². The summed E-state index contributed by atoms with van der Waals surface area (Å²) in [7, 11) is 0. The van der Waals surface area contributed by atoms with Crippen LogP contribution in [0.3, 0.4) is 0 Å². The molecule has 0 atom stereocenters. The molecule has 8 aromatic carbocycles. The molecule has 1 aliphatic rings. The minimum absolute atomic E-state index is 0.536. The van der Waals surface area contributed by atoms with Gasteiger partial charge in [-0.3, -0.25) is 0 Å². The van der Waals surface area contributed by atoms with Crippen molar-refractivity contribution in [3.8, 4) is 33.8 Å². The molecule has 244 valence electrons. The SMILES string of the molecule is c1ccc(C2(c3ccccc3)c3ccccc3Oc3cc(-c4ccc5c(c4)oc4cc(-c6cccc7c6sc6ccccc67)ccc45)ccc32)cc1. The van der Waals surface area contributed by atoms with Crippen molar-refractivity contribution in [3.63, 3.8) is 0 Å². The van der Waals surface area contributed by atoms with Crippen molar-refractivity contribution in [1.29, 1.82) is 0 Å². The molecule has 0 aliphatic carbocycles. The van der Waals surface area contributed by atoms with Crippen molar-refractivity contribution in [1.82, 2.24) is 0 Å². The lowest BCUT2D eigenvalue weighted by Crippen LogP contribution is -2.34. The molecule has 0 amide bonds. The molecule has 1 aliphatic heterocycles. The van der Waals surface area contributed by atoms with E-state index in [-0.39, 0.29) is 0 Å². The summed E-state index contributed by atoms with van der Waals surface area (Å²) in [6.07, 6.45) is 0. The Kier molecular flexibility index (Phi) is 6.37. The summed E-state index contributed by atoms with van der Waals surface area (Å²) in [5, 5.41) is 4.84. The van der Waals surface area contributed by atoms with E-state index in [4.69, 9.17) is 9.15 Å². The van der Waals surface area contributed by atoms with Crippen LogP contribution in [0.1, 0.15) is 22.3 Å². The summed E-state index contributed by atoms with van der Waals surface area (Å²) >= 11 is 1.86. The van der Waals surface area contributed by atoms with E-state index < -0.39 is 5.41 Å². The lowest BCUT2D eigenvalue weighted by atomic mass is 9.63. The summed E-state index contributed by atoms with van der Waals surface area (Å²) < 4.78 is 16.0. The van der Waals surface area contributed by atoms with Crippen LogP contribution in [0, 0.1) is 0 Å². The van der Waals surface area contributed by atoms with Gasteiger partial charge in [0.2, 0.25) is 0 Å². The number of fused-ring (bicyclic) bond motifs is 8. The van der Waals surface area contributed by atoms with E-state index in [1.807, 2.05) is 11.3 Å². The van der Waals surface area contributed by atoms with Crippen molar-refractivity contribution in [2.24, 2.45) is 0 Å². The third kappa shape index (κ3) is 4.24. The minimum Gasteiger partial charge on any atom is -0.457 e. The van der Waals surface area contributed by atoms with E-state index in [2.05, 4.69) is 182 Å². The van der Waals surface area contributed by atoms with Gasteiger partial charge in [0.25, 0.3) is 0 Å². The molecule has 2 nitrogen and oxygen atoms in total. The molecular weight excluding hydrogens is 653 g/mol. The molecule has 11 rings (SSSR count). The average Bonchev–Trinajstić information content (AvgIpc) is 3.78. The molecule has 0 fully saturated rings. The van der Waals surface area contributed by atoms with Gasteiger partial charge in [0.15, 0.2) is 0 Å². The number of furan rings is 1. The van der Waals surface area contributed by atoms with Crippen LogP contribution < -0.4 is 4.74 Å². The fourth-order valence-corrected chi connectivity index (χ4v) is 9.73. The molecule has 52 heavy (non-hydrogen) atoms. The maximum absolute atomic E-state index is 6.76. The Balaban J connectivity index is 1.04. The molecule has 3 heteroatoms. The fourth-order valence-electron chi connectivity index (χ4n) is 8.49. The molecule has 0 spiro atoms. The number of benzene rings is 8. The topological polar surface area (TPSA) is 22.4 Å². The number of rotatable bonds is 4. The van der Waals surface area contributed by atoms with Gasteiger partial charge >= 0.3 is 0 Å². The molecule has 10 aromatic rings. The van der Waals surface area contributed by atoms with Crippen LogP contribution in [0.2, 0.25) is 0 Å². The zero-order chi connectivity index (χ0) is 34.2. The normalized spacial score (nSPS) is 13.3. The third-order valence-corrected chi connectivity index (χ3v) is 12.1. The van der Waals surface area contributed by atoms with Crippen LogP contribution in [0.25, 0.3) is 64.4 Å². The van der Waals surface area contributed by atoms with Gasteiger partial charge in [0.1, 0.15) is 22.7 Å². The summed E-state index contributed by atoms with van der Waals surface area (Å²) in [5.74, 6) is 1.73. The molecule has 0 radical (unpaired) electrons. The Morgan fingerprint density at radius 3 is 1.79 bits per heavy atom. The van der Waals surface area contributed by atoms with Crippen LogP contribution in [-0.4, -0.2) is 0 Å². The first-order valence-corrected chi connectivity index (χ1v) is 18.5. The summed E-state index contributed by atoms with van der Waals surface area (Å²) in [6, 6.07) is 65.2. The van der Waals surface area contributed by atoms with E-state index in [1.54, 1.807) is 0 Å². The number of para-hydroxylation sites is 1. The second-order valence-corrected chi connectivity index (χ2v) is 14.6. The molecule has 0 bridgehead atoms. The Hall–Kier alpha value is -6.42. The molecular formula is C49H30O2S. The highest BCUT2D eigenvalue weighted by molar-refractivity contribution is 7.26. The van der Waals surface area contributed by atoms with E-state index in [9.17, 15) is 0 Å².